The summed E-state index contributed by atoms with van der Waals surface area (Å²) < 4.78 is 1.12. The van der Waals surface area contributed by atoms with E-state index in [2.05, 4.69) is 10.3 Å². The van der Waals surface area contributed by atoms with Gasteiger partial charge in [-0.2, -0.15) is 0 Å². The van der Waals surface area contributed by atoms with E-state index in [0.29, 0.717) is 16.5 Å². The molecule has 5 heteroatoms. The van der Waals surface area contributed by atoms with Crippen LogP contribution in [0.15, 0.2) is 41.2 Å². The Morgan fingerprint density at radius 2 is 1.74 bits per heavy atom. The zero-order chi connectivity index (χ0) is 16.6. The van der Waals surface area contributed by atoms with Crippen molar-refractivity contribution in [3.8, 4) is 0 Å². The van der Waals surface area contributed by atoms with Gasteiger partial charge in [0.2, 0.25) is 0 Å². The van der Waals surface area contributed by atoms with Gasteiger partial charge >= 0.3 is 0 Å². The summed E-state index contributed by atoms with van der Waals surface area (Å²) >= 11 is 0. The van der Waals surface area contributed by atoms with Crippen molar-refractivity contribution in [3.63, 3.8) is 0 Å². The Morgan fingerprint density at radius 1 is 1.04 bits per heavy atom. The molecule has 0 unspecified atom stereocenters. The van der Waals surface area contributed by atoms with Crippen molar-refractivity contribution in [3.05, 3.63) is 69.0 Å². The number of ketones is 1. The number of hydrogen-bond acceptors (Lipinski definition) is 4. The lowest BCUT2D eigenvalue weighted by atomic mass is 9.98. The van der Waals surface area contributed by atoms with Crippen LogP contribution < -0.4 is 5.56 Å². The molecule has 23 heavy (non-hydrogen) atoms. The number of aryl methyl sites for hydroxylation is 3. The van der Waals surface area contributed by atoms with E-state index in [1.54, 1.807) is 24.3 Å². The van der Waals surface area contributed by atoms with Gasteiger partial charge in [-0.3, -0.25) is 9.59 Å². The van der Waals surface area contributed by atoms with Gasteiger partial charge < -0.3 is 0 Å². The molecule has 0 aliphatic heterocycles. The highest BCUT2D eigenvalue weighted by atomic mass is 16.1. The molecule has 1 aromatic heterocycles. The molecule has 3 rings (SSSR count). The third-order valence-corrected chi connectivity index (χ3v) is 4.06. The van der Waals surface area contributed by atoms with E-state index >= 15 is 0 Å². The van der Waals surface area contributed by atoms with E-state index in [-0.39, 0.29) is 17.9 Å². The normalized spacial score (nSPS) is 10.9. The molecule has 0 saturated heterocycles. The minimum absolute atomic E-state index is 0.111. The quantitative estimate of drug-likeness (QED) is 0.698. The van der Waals surface area contributed by atoms with Crippen LogP contribution >= 0.6 is 0 Å². The van der Waals surface area contributed by atoms with Gasteiger partial charge in [0, 0.05) is 5.56 Å². The molecule has 0 radical (unpaired) electrons. The average molecular weight is 307 g/mol. The zero-order valence-electron chi connectivity index (χ0n) is 13.3. The Bertz CT molecular complexity index is 974. The standard InChI is InChI=1S/C18H17N3O2/c1-11-8-13(3)15(9-12(11)2)17(22)10-21-18(23)14-6-4-5-7-16(14)19-20-21/h4-9H,10H2,1-3H3. The zero-order valence-corrected chi connectivity index (χ0v) is 13.3. The Labute approximate surface area is 133 Å². The van der Waals surface area contributed by atoms with Gasteiger partial charge in [0.05, 0.1) is 5.39 Å². The summed E-state index contributed by atoms with van der Waals surface area (Å²) in [5, 5.41) is 8.34. The van der Waals surface area contributed by atoms with Crippen molar-refractivity contribution in [1.82, 2.24) is 15.0 Å². The molecule has 0 spiro atoms. The lowest BCUT2D eigenvalue weighted by Crippen LogP contribution is -2.28. The van der Waals surface area contributed by atoms with Crippen molar-refractivity contribution in [1.29, 1.82) is 0 Å². The Morgan fingerprint density at radius 3 is 2.52 bits per heavy atom. The van der Waals surface area contributed by atoms with Gasteiger partial charge in [-0.15, -0.1) is 5.10 Å². The fraction of sp³-hybridized carbons (Fsp3) is 0.222. The molecule has 0 aliphatic carbocycles. The van der Waals surface area contributed by atoms with Crippen LogP contribution in [-0.4, -0.2) is 20.8 Å². The molecule has 1 heterocycles. The van der Waals surface area contributed by atoms with E-state index in [9.17, 15) is 9.59 Å². The van der Waals surface area contributed by atoms with Crippen LogP contribution in [0.2, 0.25) is 0 Å². The molecule has 5 nitrogen and oxygen atoms in total. The Kier molecular flexibility index (Phi) is 3.78. The second kappa shape index (κ2) is 5.76. The summed E-state index contributed by atoms with van der Waals surface area (Å²) in [4.78, 5) is 25.0. The van der Waals surface area contributed by atoms with Crippen LogP contribution in [0.25, 0.3) is 10.9 Å². The third kappa shape index (κ3) is 2.77. The molecule has 3 aromatic rings. The molecule has 0 aliphatic rings. The first-order chi connectivity index (χ1) is 11.0. The average Bonchev–Trinajstić information content (AvgIpc) is 2.53. The van der Waals surface area contributed by atoms with Crippen molar-refractivity contribution in [2.24, 2.45) is 0 Å². The predicted molar refractivity (Wildman–Crippen MR) is 88.8 cm³/mol. The molecule has 0 amide bonds. The number of carbonyl (C=O) groups is 1. The van der Waals surface area contributed by atoms with Crippen molar-refractivity contribution < 1.29 is 4.79 Å². The summed E-state index contributed by atoms with van der Waals surface area (Å²) in [5.74, 6) is -0.141. The maximum atomic E-state index is 12.6. The fourth-order valence-corrected chi connectivity index (χ4v) is 2.61. The highest BCUT2D eigenvalue weighted by molar-refractivity contribution is 5.97. The molecule has 0 atom stereocenters. The number of fused-ring (bicyclic) bond motifs is 1. The van der Waals surface area contributed by atoms with E-state index in [0.717, 1.165) is 21.4 Å². The third-order valence-electron chi connectivity index (χ3n) is 4.06. The van der Waals surface area contributed by atoms with Crippen LogP contribution in [-0.2, 0) is 6.54 Å². The van der Waals surface area contributed by atoms with E-state index in [4.69, 9.17) is 0 Å². The number of nitrogens with zero attached hydrogens (tertiary/aromatic N) is 3. The monoisotopic (exact) mass is 307 g/mol. The molecule has 0 saturated carbocycles. The molecular weight excluding hydrogens is 290 g/mol. The largest absolute Gasteiger partial charge is 0.292 e. The summed E-state index contributed by atoms with van der Waals surface area (Å²) in [7, 11) is 0. The molecule has 0 N–H and O–H groups in total. The maximum Gasteiger partial charge on any atom is 0.278 e. The number of benzene rings is 2. The van der Waals surface area contributed by atoms with Crippen LogP contribution in [0.1, 0.15) is 27.0 Å². The molecule has 2 aromatic carbocycles. The lowest BCUT2D eigenvalue weighted by Gasteiger charge is -2.09. The van der Waals surface area contributed by atoms with Gasteiger partial charge in [-0.25, -0.2) is 4.68 Å². The maximum absolute atomic E-state index is 12.6. The fourth-order valence-electron chi connectivity index (χ4n) is 2.61. The topological polar surface area (TPSA) is 64.8 Å². The summed E-state index contributed by atoms with van der Waals surface area (Å²) in [6.45, 7) is 5.76. The molecule has 0 fully saturated rings. The van der Waals surface area contributed by atoms with Crippen molar-refractivity contribution in [2.75, 3.05) is 0 Å². The van der Waals surface area contributed by atoms with E-state index in [1.807, 2.05) is 32.9 Å². The second-order valence-corrected chi connectivity index (χ2v) is 5.74. The minimum Gasteiger partial charge on any atom is -0.292 e. The first-order valence-corrected chi connectivity index (χ1v) is 7.41. The molecular formula is C18H17N3O2. The molecule has 116 valence electrons. The number of rotatable bonds is 3. The first kappa shape index (κ1) is 15.1. The second-order valence-electron chi connectivity index (χ2n) is 5.74. The van der Waals surface area contributed by atoms with Gasteiger partial charge in [-0.05, 0) is 55.7 Å². The lowest BCUT2D eigenvalue weighted by molar-refractivity contribution is 0.0964. The summed E-state index contributed by atoms with van der Waals surface area (Å²) in [5.41, 5.74) is 3.95. The highest BCUT2D eigenvalue weighted by Crippen LogP contribution is 2.16. The Hall–Kier alpha value is -2.82. The van der Waals surface area contributed by atoms with Gasteiger partial charge in [0.1, 0.15) is 12.1 Å². The van der Waals surface area contributed by atoms with E-state index < -0.39 is 0 Å². The highest BCUT2D eigenvalue weighted by Gasteiger charge is 2.14. The predicted octanol–water partition coefficient (Wildman–Crippen LogP) is 2.60. The SMILES string of the molecule is Cc1cc(C)c(C(=O)Cn2nnc3ccccc3c2=O)cc1C. The number of Topliss-reactive ketones (excluding diaryl/α,β-unsaturated/α-hetero) is 1. The minimum atomic E-state index is -0.301. The van der Waals surface area contributed by atoms with Gasteiger partial charge in [0.15, 0.2) is 5.78 Å². The number of carbonyl (C=O) groups excluding carboxylic acids is 1. The van der Waals surface area contributed by atoms with Gasteiger partial charge in [0.25, 0.3) is 5.56 Å². The molecule has 0 bridgehead atoms. The van der Waals surface area contributed by atoms with Crippen LogP contribution in [0.4, 0.5) is 0 Å². The van der Waals surface area contributed by atoms with Crippen molar-refractivity contribution >= 4 is 16.7 Å². The first-order valence-electron chi connectivity index (χ1n) is 7.41. The van der Waals surface area contributed by atoms with E-state index in [1.165, 1.54) is 0 Å². The number of hydrogen-bond donors (Lipinski definition) is 0. The Balaban J connectivity index is 1.99. The summed E-state index contributed by atoms with van der Waals surface area (Å²) in [6.07, 6.45) is 0. The summed E-state index contributed by atoms with van der Waals surface area (Å²) in [6, 6.07) is 10.8. The van der Waals surface area contributed by atoms with Crippen LogP contribution in [0.5, 0.6) is 0 Å². The smallest absolute Gasteiger partial charge is 0.278 e. The van der Waals surface area contributed by atoms with Crippen LogP contribution in [0.3, 0.4) is 0 Å². The van der Waals surface area contributed by atoms with Gasteiger partial charge in [-0.1, -0.05) is 23.4 Å². The van der Waals surface area contributed by atoms with Crippen molar-refractivity contribution in [2.45, 2.75) is 27.3 Å². The van der Waals surface area contributed by atoms with Crippen LogP contribution in [0, 0.1) is 20.8 Å². The number of aromatic nitrogens is 3.